The Kier molecular flexibility index (Phi) is 3.84. The van der Waals surface area contributed by atoms with Gasteiger partial charge in [-0.3, -0.25) is 9.59 Å². The van der Waals surface area contributed by atoms with Gasteiger partial charge in [-0.25, -0.2) is 5.26 Å². The molecule has 86 valence electrons. The molecule has 0 heterocycles. The monoisotopic (exact) mass is 226 g/mol. The van der Waals surface area contributed by atoms with Gasteiger partial charge in [-0.1, -0.05) is 6.07 Å². The van der Waals surface area contributed by atoms with Crippen LogP contribution in [0.2, 0.25) is 0 Å². The molecule has 6 heteroatoms. The van der Waals surface area contributed by atoms with Crippen molar-refractivity contribution in [3.63, 3.8) is 0 Å². The van der Waals surface area contributed by atoms with Gasteiger partial charge in [0.1, 0.15) is 0 Å². The maximum Gasteiger partial charge on any atom is 0.307 e. The number of aliphatic carboxylic acids is 2. The SMILES string of the molecule is O=C(O)Cc1ccc(OO)cc1CC(=O)O. The molecule has 0 bridgehead atoms. The van der Waals surface area contributed by atoms with Crippen LogP contribution in [-0.2, 0) is 22.4 Å². The third-order valence-electron chi connectivity index (χ3n) is 1.97. The standard InChI is InChI=1S/C10H10O6/c11-9(12)4-6-1-2-8(16-15)3-7(6)5-10(13)14/h1-3,15H,4-5H2,(H,11,12)(H,13,14). The zero-order valence-electron chi connectivity index (χ0n) is 8.21. The third kappa shape index (κ3) is 3.25. The summed E-state index contributed by atoms with van der Waals surface area (Å²) in [4.78, 5) is 25.0. The van der Waals surface area contributed by atoms with Crippen molar-refractivity contribution >= 4 is 11.9 Å². The summed E-state index contributed by atoms with van der Waals surface area (Å²) >= 11 is 0. The maximum absolute atomic E-state index is 10.6. The Labute approximate surface area is 90.6 Å². The Morgan fingerprint density at radius 3 is 2.12 bits per heavy atom. The van der Waals surface area contributed by atoms with Crippen LogP contribution in [0.25, 0.3) is 0 Å². The van der Waals surface area contributed by atoms with E-state index in [9.17, 15) is 9.59 Å². The van der Waals surface area contributed by atoms with Gasteiger partial charge in [-0.15, -0.1) is 0 Å². The fourth-order valence-electron chi connectivity index (χ4n) is 1.32. The molecule has 0 fully saturated rings. The average Bonchev–Trinajstić information content (AvgIpc) is 2.19. The van der Waals surface area contributed by atoms with E-state index < -0.39 is 11.9 Å². The van der Waals surface area contributed by atoms with Crippen molar-refractivity contribution in [3.8, 4) is 5.75 Å². The second-order valence-electron chi connectivity index (χ2n) is 3.16. The highest BCUT2D eigenvalue weighted by Crippen LogP contribution is 2.18. The molecular formula is C10H10O6. The highest BCUT2D eigenvalue weighted by atomic mass is 17.1. The van der Waals surface area contributed by atoms with Crippen molar-refractivity contribution in [1.29, 1.82) is 0 Å². The maximum atomic E-state index is 10.6. The van der Waals surface area contributed by atoms with Crippen LogP contribution in [0.1, 0.15) is 11.1 Å². The lowest BCUT2D eigenvalue weighted by Crippen LogP contribution is -2.08. The summed E-state index contributed by atoms with van der Waals surface area (Å²) in [6.07, 6.45) is -0.589. The molecule has 0 aliphatic heterocycles. The molecule has 0 saturated carbocycles. The Morgan fingerprint density at radius 2 is 1.62 bits per heavy atom. The van der Waals surface area contributed by atoms with E-state index in [4.69, 9.17) is 15.5 Å². The molecule has 0 unspecified atom stereocenters. The normalized spacial score (nSPS) is 9.81. The Bertz CT molecular complexity index is 412. The molecule has 1 aromatic rings. The van der Waals surface area contributed by atoms with Crippen molar-refractivity contribution in [2.24, 2.45) is 0 Å². The van der Waals surface area contributed by atoms with Gasteiger partial charge in [-0.05, 0) is 23.3 Å². The van der Waals surface area contributed by atoms with Crippen molar-refractivity contribution in [2.75, 3.05) is 0 Å². The first kappa shape index (κ1) is 12.0. The average molecular weight is 226 g/mol. The van der Waals surface area contributed by atoms with E-state index in [0.717, 1.165) is 0 Å². The minimum absolute atomic E-state index is 0.0744. The molecule has 0 atom stereocenters. The van der Waals surface area contributed by atoms with Crippen LogP contribution in [0, 0.1) is 0 Å². The highest BCUT2D eigenvalue weighted by molar-refractivity contribution is 5.74. The molecule has 3 N–H and O–H groups in total. The Balaban J connectivity index is 3.05. The summed E-state index contributed by atoms with van der Waals surface area (Å²) in [5.74, 6) is -2.06. The van der Waals surface area contributed by atoms with Crippen LogP contribution in [0.4, 0.5) is 0 Å². The second-order valence-corrected chi connectivity index (χ2v) is 3.16. The van der Waals surface area contributed by atoms with Gasteiger partial charge in [0.15, 0.2) is 5.75 Å². The zero-order valence-corrected chi connectivity index (χ0v) is 8.21. The van der Waals surface area contributed by atoms with E-state index in [-0.39, 0.29) is 18.6 Å². The Hall–Kier alpha value is -2.08. The largest absolute Gasteiger partial charge is 0.481 e. The predicted molar refractivity (Wildman–Crippen MR) is 52.4 cm³/mol. The number of carbonyl (C=O) groups is 2. The molecule has 0 aliphatic carbocycles. The summed E-state index contributed by atoms with van der Waals surface area (Å²) in [6, 6.07) is 4.08. The van der Waals surface area contributed by atoms with Crippen LogP contribution in [-0.4, -0.2) is 27.4 Å². The smallest absolute Gasteiger partial charge is 0.307 e. The molecule has 0 amide bonds. The minimum Gasteiger partial charge on any atom is -0.481 e. The molecule has 0 radical (unpaired) electrons. The lowest BCUT2D eigenvalue weighted by molar-refractivity contribution is -0.138. The van der Waals surface area contributed by atoms with E-state index >= 15 is 0 Å². The van der Waals surface area contributed by atoms with E-state index in [1.807, 2.05) is 0 Å². The summed E-state index contributed by atoms with van der Waals surface area (Å²) in [5.41, 5.74) is 0.692. The first-order chi connectivity index (χ1) is 7.52. The number of hydrogen-bond donors (Lipinski definition) is 3. The summed E-state index contributed by atoms with van der Waals surface area (Å²) in [5, 5.41) is 25.7. The van der Waals surface area contributed by atoms with Crippen LogP contribution >= 0.6 is 0 Å². The van der Waals surface area contributed by atoms with Crippen molar-refractivity contribution < 1.29 is 29.9 Å². The van der Waals surface area contributed by atoms with Crippen LogP contribution in [0.3, 0.4) is 0 Å². The van der Waals surface area contributed by atoms with Gasteiger partial charge in [0.25, 0.3) is 0 Å². The summed E-state index contributed by atoms with van der Waals surface area (Å²) in [6.45, 7) is 0. The van der Waals surface area contributed by atoms with Gasteiger partial charge in [0, 0.05) is 0 Å². The van der Waals surface area contributed by atoms with E-state index in [1.54, 1.807) is 0 Å². The fraction of sp³-hybridized carbons (Fsp3) is 0.200. The molecular weight excluding hydrogens is 216 g/mol. The molecule has 1 rings (SSSR count). The van der Waals surface area contributed by atoms with Crippen molar-refractivity contribution in [3.05, 3.63) is 29.3 Å². The molecule has 0 saturated heterocycles. The number of benzene rings is 1. The number of rotatable bonds is 5. The van der Waals surface area contributed by atoms with Crippen LogP contribution in [0.5, 0.6) is 5.75 Å². The third-order valence-corrected chi connectivity index (χ3v) is 1.97. The minimum atomic E-state index is -1.08. The van der Waals surface area contributed by atoms with Crippen molar-refractivity contribution in [1.82, 2.24) is 0 Å². The lowest BCUT2D eigenvalue weighted by atomic mass is 10.0. The number of carboxylic acids is 2. The molecule has 1 aromatic carbocycles. The first-order valence-corrected chi connectivity index (χ1v) is 4.39. The lowest BCUT2D eigenvalue weighted by Gasteiger charge is -2.06. The summed E-state index contributed by atoms with van der Waals surface area (Å²) < 4.78 is 0. The highest BCUT2D eigenvalue weighted by Gasteiger charge is 2.11. The van der Waals surface area contributed by atoms with Gasteiger partial charge >= 0.3 is 11.9 Å². The van der Waals surface area contributed by atoms with Crippen LogP contribution in [0.15, 0.2) is 18.2 Å². The molecule has 16 heavy (non-hydrogen) atoms. The molecule has 0 spiro atoms. The predicted octanol–water partition coefficient (Wildman–Crippen LogP) is 0.793. The fourth-order valence-corrected chi connectivity index (χ4v) is 1.32. The number of hydrogen-bond acceptors (Lipinski definition) is 4. The number of carboxylic acid groups (broad SMARTS) is 2. The van der Waals surface area contributed by atoms with Gasteiger partial charge in [-0.2, -0.15) is 0 Å². The van der Waals surface area contributed by atoms with Gasteiger partial charge in [0.05, 0.1) is 12.8 Å². The molecule has 6 nitrogen and oxygen atoms in total. The Morgan fingerprint density at radius 1 is 1.06 bits per heavy atom. The molecule has 0 aromatic heterocycles. The zero-order chi connectivity index (χ0) is 12.1. The summed E-state index contributed by atoms with van der Waals surface area (Å²) in [7, 11) is 0. The van der Waals surface area contributed by atoms with E-state index in [0.29, 0.717) is 11.1 Å². The first-order valence-electron chi connectivity index (χ1n) is 4.39. The van der Waals surface area contributed by atoms with E-state index in [2.05, 4.69) is 4.89 Å². The topological polar surface area (TPSA) is 104 Å². The van der Waals surface area contributed by atoms with Gasteiger partial charge < -0.3 is 15.1 Å². The van der Waals surface area contributed by atoms with Crippen LogP contribution < -0.4 is 4.89 Å². The van der Waals surface area contributed by atoms with E-state index in [1.165, 1.54) is 18.2 Å². The van der Waals surface area contributed by atoms with Crippen molar-refractivity contribution in [2.45, 2.75) is 12.8 Å². The molecule has 0 aliphatic rings. The van der Waals surface area contributed by atoms with Gasteiger partial charge in [0.2, 0.25) is 0 Å². The second kappa shape index (κ2) is 5.13. The quantitative estimate of drug-likeness (QED) is 0.506.